The molecule has 0 bridgehead atoms. The Labute approximate surface area is 165 Å². The third-order valence-corrected chi connectivity index (χ3v) is 4.48. The van der Waals surface area contributed by atoms with Gasteiger partial charge in [-0.05, 0) is 29.9 Å². The molecule has 0 radical (unpaired) electrons. The lowest BCUT2D eigenvalue weighted by molar-refractivity contribution is -0.142. The first-order chi connectivity index (χ1) is 12.5. The number of unbranched alkanes of at least 4 members (excludes halogenated alkanes) is 1. The van der Waals surface area contributed by atoms with Crippen molar-refractivity contribution in [3.8, 4) is 0 Å². The van der Waals surface area contributed by atoms with Crippen LogP contribution in [-0.4, -0.2) is 45.8 Å². The van der Waals surface area contributed by atoms with Crippen LogP contribution < -0.4 is 0 Å². The highest BCUT2D eigenvalue weighted by molar-refractivity contribution is 5.85. The van der Waals surface area contributed by atoms with Gasteiger partial charge in [-0.2, -0.15) is 0 Å². The summed E-state index contributed by atoms with van der Waals surface area (Å²) in [5, 5.41) is 0. The van der Waals surface area contributed by atoms with Crippen molar-refractivity contribution in [3.05, 3.63) is 24.0 Å². The maximum Gasteiger partial charge on any atom is 0.242 e. The number of rotatable bonds is 10. The first-order valence-electron chi connectivity index (χ1n) is 10.2. The molecule has 154 valence electrons. The minimum absolute atomic E-state index is 0.0348. The minimum atomic E-state index is -0.0830. The lowest BCUT2D eigenvalue weighted by Gasteiger charge is -2.30. The molecule has 2 amide bonds. The second-order valence-electron chi connectivity index (χ2n) is 9.18. The molecule has 1 heterocycles. The molecule has 0 fully saturated rings. The summed E-state index contributed by atoms with van der Waals surface area (Å²) in [4.78, 5) is 29.5. The summed E-state index contributed by atoms with van der Waals surface area (Å²) in [7, 11) is 2.00. The summed E-state index contributed by atoms with van der Waals surface area (Å²) < 4.78 is 2.04. The Kier molecular flexibility index (Phi) is 9.07. The summed E-state index contributed by atoms with van der Waals surface area (Å²) in [6.07, 6.45) is 4.46. The van der Waals surface area contributed by atoms with E-state index in [0.717, 1.165) is 25.1 Å². The van der Waals surface area contributed by atoms with Crippen LogP contribution in [0.3, 0.4) is 0 Å². The van der Waals surface area contributed by atoms with Crippen molar-refractivity contribution in [2.45, 2.75) is 67.3 Å². The van der Waals surface area contributed by atoms with Crippen LogP contribution in [0.4, 0.5) is 0 Å². The van der Waals surface area contributed by atoms with Gasteiger partial charge in [0.05, 0.1) is 13.1 Å². The third kappa shape index (κ3) is 8.63. The van der Waals surface area contributed by atoms with Gasteiger partial charge in [0, 0.05) is 38.4 Å². The Bertz CT molecular complexity index is 599. The minimum Gasteiger partial charge on any atom is -0.353 e. The Morgan fingerprint density at radius 1 is 1.15 bits per heavy atom. The molecule has 0 aliphatic rings. The molecule has 0 aromatic carbocycles. The monoisotopic (exact) mass is 377 g/mol. The summed E-state index contributed by atoms with van der Waals surface area (Å²) in [6, 6.07) is 4.04. The molecule has 0 unspecified atom stereocenters. The second kappa shape index (κ2) is 10.5. The van der Waals surface area contributed by atoms with Crippen molar-refractivity contribution in [1.82, 2.24) is 14.4 Å². The van der Waals surface area contributed by atoms with Crippen molar-refractivity contribution in [1.29, 1.82) is 0 Å². The number of hydrogen-bond donors (Lipinski definition) is 0. The van der Waals surface area contributed by atoms with E-state index in [2.05, 4.69) is 41.5 Å². The van der Waals surface area contributed by atoms with Crippen LogP contribution >= 0.6 is 0 Å². The van der Waals surface area contributed by atoms with Crippen molar-refractivity contribution >= 4 is 11.8 Å². The van der Waals surface area contributed by atoms with E-state index in [1.807, 2.05) is 34.8 Å². The summed E-state index contributed by atoms with van der Waals surface area (Å²) in [6.45, 7) is 14.6. The van der Waals surface area contributed by atoms with E-state index >= 15 is 0 Å². The molecular formula is C22H39N3O2. The van der Waals surface area contributed by atoms with Crippen LogP contribution in [0.1, 0.15) is 66.5 Å². The number of aryl methyl sites for hydroxylation is 1. The fraction of sp³-hybridized carbons (Fsp3) is 0.727. The average molecular weight is 378 g/mol. The molecule has 0 saturated heterocycles. The van der Waals surface area contributed by atoms with Gasteiger partial charge < -0.3 is 14.4 Å². The fourth-order valence-corrected chi connectivity index (χ4v) is 3.02. The second-order valence-corrected chi connectivity index (χ2v) is 9.18. The molecule has 0 saturated carbocycles. The summed E-state index contributed by atoms with van der Waals surface area (Å²) in [5.41, 5.74) is 1.02. The van der Waals surface area contributed by atoms with Gasteiger partial charge in [0.25, 0.3) is 0 Å². The van der Waals surface area contributed by atoms with Gasteiger partial charge in [-0.15, -0.1) is 0 Å². The first-order valence-corrected chi connectivity index (χ1v) is 10.2. The predicted octanol–water partition coefficient (Wildman–Crippen LogP) is 4.07. The normalized spacial score (nSPS) is 11.7. The molecule has 1 aromatic rings. The van der Waals surface area contributed by atoms with E-state index in [0.29, 0.717) is 25.4 Å². The SMILES string of the molecule is CCCCN(Cc1cccn1C)C(=O)CN(CC(C)C)C(=O)CC(C)(C)C. The average Bonchev–Trinajstić information content (AvgIpc) is 2.93. The van der Waals surface area contributed by atoms with Crippen LogP contribution in [0.5, 0.6) is 0 Å². The van der Waals surface area contributed by atoms with Gasteiger partial charge in [0.2, 0.25) is 11.8 Å². The van der Waals surface area contributed by atoms with Crippen molar-refractivity contribution in [2.24, 2.45) is 18.4 Å². The smallest absolute Gasteiger partial charge is 0.242 e. The van der Waals surface area contributed by atoms with E-state index in [9.17, 15) is 9.59 Å². The summed E-state index contributed by atoms with van der Waals surface area (Å²) >= 11 is 0. The number of amides is 2. The lowest BCUT2D eigenvalue weighted by atomic mass is 9.91. The van der Waals surface area contributed by atoms with Crippen LogP contribution in [0.25, 0.3) is 0 Å². The van der Waals surface area contributed by atoms with E-state index in [-0.39, 0.29) is 23.8 Å². The summed E-state index contributed by atoms with van der Waals surface area (Å²) in [5.74, 6) is 0.435. The van der Waals surface area contributed by atoms with E-state index < -0.39 is 0 Å². The molecule has 0 spiro atoms. The zero-order chi connectivity index (χ0) is 20.6. The Morgan fingerprint density at radius 3 is 2.30 bits per heavy atom. The Hall–Kier alpha value is -1.78. The van der Waals surface area contributed by atoms with Crippen LogP contribution in [0.15, 0.2) is 18.3 Å². The highest BCUT2D eigenvalue weighted by Gasteiger charge is 2.25. The molecule has 0 N–H and O–H groups in total. The maximum atomic E-state index is 13.1. The van der Waals surface area contributed by atoms with Crippen LogP contribution in [-0.2, 0) is 23.2 Å². The molecule has 0 aliphatic heterocycles. The van der Waals surface area contributed by atoms with Gasteiger partial charge in [-0.3, -0.25) is 9.59 Å². The van der Waals surface area contributed by atoms with Gasteiger partial charge in [0.1, 0.15) is 0 Å². The molecular weight excluding hydrogens is 338 g/mol. The maximum absolute atomic E-state index is 13.1. The lowest BCUT2D eigenvalue weighted by Crippen LogP contribution is -2.45. The predicted molar refractivity (Wildman–Crippen MR) is 111 cm³/mol. The molecule has 1 rings (SSSR count). The molecule has 27 heavy (non-hydrogen) atoms. The number of nitrogens with zero attached hydrogens (tertiary/aromatic N) is 3. The van der Waals surface area contributed by atoms with Crippen molar-refractivity contribution < 1.29 is 9.59 Å². The molecule has 1 aromatic heterocycles. The fourth-order valence-electron chi connectivity index (χ4n) is 3.02. The van der Waals surface area contributed by atoms with Crippen LogP contribution in [0, 0.1) is 11.3 Å². The standard InChI is InChI=1S/C22H39N3O2/c1-8-9-13-24(16-19-11-10-12-23(19)7)21(27)17-25(15-18(2)3)20(26)14-22(4,5)6/h10-12,18H,8-9,13-17H2,1-7H3. The Balaban J connectivity index is 2.88. The number of carbonyl (C=O) groups is 2. The Morgan fingerprint density at radius 2 is 1.81 bits per heavy atom. The molecule has 5 nitrogen and oxygen atoms in total. The van der Waals surface area contributed by atoms with Gasteiger partial charge in [0.15, 0.2) is 0 Å². The third-order valence-electron chi connectivity index (χ3n) is 4.48. The number of carbonyl (C=O) groups excluding carboxylic acids is 2. The van der Waals surface area contributed by atoms with E-state index in [4.69, 9.17) is 0 Å². The number of hydrogen-bond acceptors (Lipinski definition) is 2. The quantitative estimate of drug-likeness (QED) is 0.617. The van der Waals surface area contributed by atoms with Gasteiger partial charge in [-0.1, -0.05) is 48.0 Å². The number of aromatic nitrogens is 1. The van der Waals surface area contributed by atoms with Gasteiger partial charge >= 0.3 is 0 Å². The highest BCUT2D eigenvalue weighted by Crippen LogP contribution is 2.20. The zero-order valence-corrected chi connectivity index (χ0v) is 18.4. The van der Waals surface area contributed by atoms with Crippen molar-refractivity contribution in [3.63, 3.8) is 0 Å². The molecule has 5 heteroatoms. The van der Waals surface area contributed by atoms with E-state index in [1.54, 1.807) is 4.90 Å². The zero-order valence-electron chi connectivity index (χ0n) is 18.4. The highest BCUT2D eigenvalue weighted by atomic mass is 16.2. The molecule has 0 atom stereocenters. The van der Waals surface area contributed by atoms with Gasteiger partial charge in [-0.25, -0.2) is 0 Å². The van der Waals surface area contributed by atoms with Crippen LogP contribution in [0.2, 0.25) is 0 Å². The largest absolute Gasteiger partial charge is 0.353 e. The topological polar surface area (TPSA) is 45.6 Å². The van der Waals surface area contributed by atoms with E-state index in [1.165, 1.54) is 0 Å². The van der Waals surface area contributed by atoms with Crippen molar-refractivity contribution in [2.75, 3.05) is 19.6 Å². The molecule has 0 aliphatic carbocycles. The first kappa shape index (κ1) is 23.3.